The molecular formula is C20H21N3O6. The number of nitrogens with zero attached hydrogens (tertiary/aromatic N) is 1. The normalized spacial score (nSPS) is 16.8. The smallest absolute Gasteiger partial charge is 0.326 e. The first-order chi connectivity index (χ1) is 13.9. The first-order valence-corrected chi connectivity index (χ1v) is 9.21. The minimum absolute atomic E-state index is 0.111. The van der Waals surface area contributed by atoms with Crippen LogP contribution in [-0.4, -0.2) is 40.5 Å². The van der Waals surface area contributed by atoms with Crippen LogP contribution in [0.1, 0.15) is 18.4 Å². The third-order valence-corrected chi connectivity index (χ3v) is 4.64. The molecule has 0 saturated carbocycles. The van der Waals surface area contributed by atoms with Crippen molar-refractivity contribution in [3.8, 4) is 11.5 Å². The van der Waals surface area contributed by atoms with Gasteiger partial charge in [0.05, 0.1) is 11.0 Å². The lowest BCUT2D eigenvalue weighted by Crippen LogP contribution is -2.49. The van der Waals surface area contributed by atoms with Gasteiger partial charge in [-0.05, 0) is 43.1 Å². The number of hydrogen-bond donors (Lipinski definition) is 3. The average Bonchev–Trinajstić information content (AvgIpc) is 3.24. The molecule has 29 heavy (non-hydrogen) atoms. The van der Waals surface area contributed by atoms with Gasteiger partial charge in [-0.25, -0.2) is 4.79 Å². The standard InChI is InChI=1S/C20H21N3O6/c24-19(15-4-3-11-21-15)22-16(20(25)26)12-13-7-9-14(10-8-13)29-18-6-2-1-5-17(18)23(27)28/h1-2,5-10,15-16,21H,3-4,11-12H2,(H,22,24)(H,25,26)/t15-,16-/m0/s1. The van der Waals surface area contributed by atoms with Crippen molar-refractivity contribution in [3.63, 3.8) is 0 Å². The van der Waals surface area contributed by atoms with Gasteiger partial charge in [0.25, 0.3) is 0 Å². The van der Waals surface area contributed by atoms with Gasteiger partial charge in [-0.2, -0.15) is 0 Å². The van der Waals surface area contributed by atoms with Crippen molar-refractivity contribution < 1.29 is 24.4 Å². The molecular weight excluding hydrogens is 378 g/mol. The number of ether oxygens (including phenoxy) is 1. The van der Waals surface area contributed by atoms with Gasteiger partial charge >= 0.3 is 11.7 Å². The average molecular weight is 399 g/mol. The predicted octanol–water partition coefficient (Wildman–Crippen LogP) is 2.25. The SMILES string of the molecule is O=C(O)[C@H](Cc1ccc(Oc2ccccc2[N+](=O)[O-])cc1)NC(=O)[C@@H]1CCCN1. The summed E-state index contributed by atoms with van der Waals surface area (Å²) in [6.07, 6.45) is 1.69. The van der Waals surface area contributed by atoms with E-state index in [1.807, 2.05) is 0 Å². The zero-order chi connectivity index (χ0) is 20.8. The molecule has 3 N–H and O–H groups in total. The summed E-state index contributed by atoms with van der Waals surface area (Å²) in [6, 6.07) is 11.2. The zero-order valence-corrected chi connectivity index (χ0v) is 15.5. The maximum atomic E-state index is 12.2. The van der Waals surface area contributed by atoms with Crippen LogP contribution in [0.25, 0.3) is 0 Å². The number of amides is 1. The first-order valence-electron chi connectivity index (χ1n) is 9.21. The molecule has 9 heteroatoms. The maximum absolute atomic E-state index is 12.2. The van der Waals surface area contributed by atoms with Crippen LogP contribution >= 0.6 is 0 Å². The molecule has 9 nitrogen and oxygen atoms in total. The van der Waals surface area contributed by atoms with Crippen LogP contribution in [0, 0.1) is 10.1 Å². The van der Waals surface area contributed by atoms with Crippen LogP contribution in [0.15, 0.2) is 48.5 Å². The summed E-state index contributed by atoms with van der Waals surface area (Å²) in [5.74, 6) is -0.929. The lowest BCUT2D eigenvalue weighted by atomic mass is 10.1. The Morgan fingerprint density at radius 1 is 1.24 bits per heavy atom. The molecule has 1 heterocycles. The Labute approximate surface area is 166 Å². The Morgan fingerprint density at radius 2 is 1.97 bits per heavy atom. The van der Waals surface area contributed by atoms with Gasteiger partial charge in [0.1, 0.15) is 11.8 Å². The molecule has 0 aliphatic carbocycles. The fourth-order valence-corrected chi connectivity index (χ4v) is 3.13. The molecule has 2 aromatic rings. The van der Waals surface area contributed by atoms with Crippen LogP contribution in [0.5, 0.6) is 11.5 Å². The summed E-state index contributed by atoms with van der Waals surface area (Å²) in [5.41, 5.74) is 0.540. The van der Waals surface area contributed by atoms with E-state index in [4.69, 9.17) is 4.74 Å². The predicted molar refractivity (Wildman–Crippen MR) is 104 cm³/mol. The van der Waals surface area contributed by atoms with Crippen molar-refractivity contribution in [3.05, 3.63) is 64.2 Å². The summed E-state index contributed by atoms with van der Waals surface area (Å²) in [5, 5.41) is 26.1. The third kappa shape index (κ3) is 5.29. The highest BCUT2D eigenvalue weighted by molar-refractivity contribution is 5.87. The summed E-state index contributed by atoms with van der Waals surface area (Å²) < 4.78 is 5.57. The lowest BCUT2D eigenvalue weighted by Gasteiger charge is -2.18. The molecule has 0 unspecified atom stereocenters. The number of benzene rings is 2. The molecule has 0 bridgehead atoms. The molecule has 2 atom stereocenters. The van der Waals surface area contributed by atoms with Gasteiger partial charge in [0.15, 0.2) is 0 Å². The number of hydrogen-bond acceptors (Lipinski definition) is 6. The number of para-hydroxylation sites is 2. The highest BCUT2D eigenvalue weighted by atomic mass is 16.6. The number of carboxylic acids is 1. The van der Waals surface area contributed by atoms with E-state index in [9.17, 15) is 24.8 Å². The molecule has 0 spiro atoms. The molecule has 2 aromatic carbocycles. The first kappa shape index (κ1) is 20.3. The van der Waals surface area contributed by atoms with Crippen LogP contribution in [0.4, 0.5) is 5.69 Å². The van der Waals surface area contributed by atoms with E-state index >= 15 is 0 Å². The van der Waals surface area contributed by atoms with E-state index < -0.39 is 16.9 Å². The second-order valence-corrected chi connectivity index (χ2v) is 6.72. The van der Waals surface area contributed by atoms with Crippen LogP contribution < -0.4 is 15.4 Å². The highest BCUT2D eigenvalue weighted by Gasteiger charge is 2.27. The largest absolute Gasteiger partial charge is 0.480 e. The monoisotopic (exact) mass is 399 g/mol. The molecule has 152 valence electrons. The van der Waals surface area contributed by atoms with Gasteiger partial charge in [-0.15, -0.1) is 0 Å². The maximum Gasteiger partial charge on any atom is 0.326 e. The van der Waals surface area contributed by atoms with Gasteiger partial charge in [-0.1, -0.05) is 24.3 Å². The van der Waals surface area contributed by atoms with Crippen molar-refractivity contribution in [2.75, 3.05) is 6.54 Å². The Hall–Kier alpha value is -3.46. The number of nitro benzene ring substituents is 1. The molecule has 0 radical (unpaired) electrons. The zero-order valence-electron chi connectivity index (χ0n) is 15.5. The van der Waals surface area contributed by atoms with E-state index in [1.165, 1.54) is 12.1 Å². The molecule has 0 aromatic heterocycles. The van der Waals surface area contributed by atoms with Crippen molar-refractivity contribution in [1.82, 2.24) is 10.6 Å². The Kier molecular flexibility index (Phi) is 6.40. The Bertz CT molecular complexity index is 893. The Balaban J connectivity index is 1.65. The molecule has 1 aliphatic rings. The van der Waals surface area contributed by atoms with E-state index in [0.29, 0.717) is 17.7 Å². The number of carbonyl (C=O) groups is 2. The molecule has 1 aliphatic heterocycles. The minimum Gasteiger partial charge on any atom is -0.480 e. The quantitative estimate of drug-likeness (QED) is 0.458. The van der Waals surface area contributed by atoms with Gasteiger partial charge in [0.2, 0.25) is 11.7 Å². The summed E-state index contributed by atoms with van der Waals surface area (Å²) >= 11 is 0. The number of aliphatic carboxylic acids is 1. The molecule has 1 fully saturated rings. The van der Waals surface area contributed by atoms with E-state index in [-0.39, 0.29) is 29.8 Å². The number of carboxylic acid groups (broad SMARTS) is 1. The fraction of sp³-hybridized carbons (Fsp3) is 0.300. The Morgan fingerprint density at radius 3 is 2.59 bits per heavy atom. The summed E-state index contributed by atoms with van der Waals surface area (Å²) in [6.45, 7) is 0.747. The van der Waals surface area contributed by atoms with E-state index in [1.54, 1.807) is 36.4 Å². The van der Waals surface area contributed by atoms with Crippen LogP contribution in [0.3, 0.4) is 0 Å². The third-order valence-electron chi connectivity index (χ3n) is 4.64. The minimum atomic E-state index is -1.11. The fourth-order valence-electron chi connectivity index (χ4n) is 3.13. The van der Waals surface area contributed by atoms with Crippen molar-refractivity contribution >= 4 is 17.6 Å². The molecule has 1 amide bonds. The van der Waals surface area contributed by atoms with Crippen LogP contribution in [0.2, 0.25) is 0 Å². The second-order valence-electron chi connectivity index (χ2n) is 6.72. The summed E-state index contributed by atoms with van der Waals surface area (Å²) in [7, 11) is 0. The van der Waals surface area contributed by atoms with Gasteiger partial charge in [-0.3, -0.25) is 14.9 Å². The van der Waals surface area contributed by atoms with E-state index in [2.05, 4.69) is 10.6 Å². The van der Waals surface area contributed by atoms with Crippen molar-refractivity contribution in [2.45, 2.75) is 31.3 Å². The molecule has 1 saturated heterocycles. The van der Waals surface area contributed by atoms with Crippen LogP contribution in [-0.2, 0) is 16.0 Å². The highest BCUT2D eigenvalue weighted by Crippen LogP contribution is 2.30. The number of nitrogens with one attached hydrogen (secondary N) is 2. The van der Waals surface area contributed by atoms with Crippen molar-refractivity contribution in [1.29, 1.82) is 0 Å². The summed E-state index contributed by atoms with van der Waals surface area (Å²) in [4.78, 5) is 34.3. The second kappa shape index (κ2) is 9.16. The number of rotatable bonds is 8. The topological polar surface area (TPSA) is 131 Å². The van der Waals surface area contributed by atoms with Crippen molar-refractivity contribution in [2.24, 2.45) is 0 Å². The van der Waals surface area contributed by atoms with Gasteiger partial charge in [0, 0.05) is 12.5 Å². The lowest BCUT2D eigenvalue weighted by molar-refractivity contribution is -0.385. The van der Waals surface area contributed by atoms with E-state index in [0.717, 1.165) is 13.0 Å². The molecule has 3 rings (SSSR count). The number of carbonyl (C=O) groups excluding carboxylic acids is 1. The van der Waals surface area contributed by atoms with Gasteiger partial charge < -0.3 is 20.5 Å². The number of nitro groups is 1.